The van der Waals surface area contributed by atoms with Gasteiger partial charge in [-0.2, -0.15) is 0 Å². The van der Waals surface area contributed by atoms with E-state index < -0.39 is 0 Å². The molecule has 0 saturated heterocycles. The largest absolute Gasteiger partial charge is 0.306 e. The first-order chi connectivity index (χ1) is 8.72. The first-order valence-corrected chi connectivity index (χ1v) is 7.10. The summed E-state index contributed by atoms with van der Waals surface area (Å²) in [5.74, 6) is 0.666. The van der Waals surface area contributed by atoms with E-state index in [9.17, 15) is 4.39 Å². The average molecular weight is 250 g/mol. The van der Waals surface area contributed by atoms with Crippen molar-refractivity contribution in [2.75, 3.05) is 0 Å². The van der Waals surface area contributed by atoms with E-state index in [1.807, 2.05) is 0 Å². The van der Waals surface area contributed by atoms with Crippen molar-refractivity contribution in [2.24, 2.45) is 5.92 Å². The Kier molecular flexibility index (Phi) is 4.70. The Hall–Kier alpha value is -0.960. The van der Waals surface area contributed by atoms with Crippen LogP contribution in [0.25, 0.3) is 0 Å². The molecule has 0 aromatic carbocycles. The molecular formula is C15H23FN2. The van der Waals surface area contributed by atoms with Crippen molar-refractivity contribution < 1.29 is 4.39 Å². The highest BCUT2D eigenvalue weighted by atomic mass is 19.1. The van der Waals surface area contributed by atoms with Crippen molar-refractivity contribution in [3.8, 4) is 0 Å². The van der Waals surface area contributed by atoms with Crippen molar-refractivity contribution in [1.29, 1.82) is 0 Å². The summed E-state index contributed by atoms with van der Waals surface area (Å²) in [5, 5.41) is 3.68. The zero-order valence-corrected chi connectivity index (χ0v) is 11.3. The predicted molar refractivity (Wildman–Crippen MR) is 71.8 cm³/mol. The third kappa shape index (κ3) is 3.77. The number of nitrogens with zero attached hydrogens (tertiary/aromatic N) is 1. The number of aromatic nitrogens is 1. The van der Waals surface area contributed by atoms with Crippen LogP contribution in [0.2, 0.25) is 0 Å². The van der Waals surface area contributed by atoms with Gasteiger partial charge < -0.3 is 5.32 Å². The van der Waals surface area contributed by atoms with E-state index in [2.05, 4.69) is 24.1 Å². The molecule has 0 radical (unpaired) electrons. The standard InChI is InChI=1S/C15H23FN2/c1-3-13(9-11-5-6-11)18-14(4-2)15-8-7-12(16)10-17-15/h7-8,10-11,13-14,18H,3-6,9H2,1-2H3. The van der Waals surface area contributed by atoms with Gasteiger partial charge in [-0.05, 0) is 37.3 Å². The molecule has 100 valence electrons. The summed E-state index contributed by atoms with van der Waals surface area (Å²) in [6.45, 7) is 4.37. The van der Waals surface area contributed by atoms with Gasteiger partial charge in [0.05, 0.1) is 11.9 Å². The molecule has 1 aliphatic carbocycles. The second-order valence-corrected chi connectivity index (χ2v) is 5.31. The summed E-state index contributed by atoms with van der Waals surface area (Å²) in [4.78, 5) is 4.19. The van der Waals surface area contributed by atoms with Gasteiger partial charge in [0.1, 0.15) is 5.82 Å². The summed E-state index contributed by atoms with van der Waals surface area (Å²) >= 11 is 0. The molecule has 1 aromatic heterocycles. The number of nitrogens with one attached hydrogen (secondary N) is 1. The van der Waals surface area contributed by atoms with Crippen LogP contribution >= 0.6 is 0 Å². The van der Waals surface area contributed by atoms with Crippen LogP contribution in [0.1, 0.15) is 57.7 Å². The number of halogens is 1. The topological polar surface area (TPSA) is 24.9 Å². The van der Waals surface area contributed by atoms with E-state index in [1.165, 1.54) is 31.5 Å². The van der Waals surface area contributed by atoms with Gasteiger partial charge in [0, 0.05) is 12.1 Å². The fraction of sp³-hybridized carbons (Fsp3) is 0.667. The van der Waals surface area contributed by atoms with Crippen molar-refractivity contribution in [3.05, 3.63) is 29.8 Å². The van der Waals surface area contributed by atoms with Gasteiger partial charge in [0.15, 0.2) is 0 Å². The lowest BCUT2D eigenvalue weighted by molar-refractivity contribution is 0.378. The lowest BCUT2D eigenvalue weighted by Crippen LogP contribution is -2.33. The quantitative estimate of drug-likeness (QED) is 0.795. The molecule has 0 spiro atoms. The fourth-order valence-electron chi connectivity index (χ4n) is 2.40. The first-order valence-electron chi connectivity index (χ1n) is 7.10. The lowest BCUT2D eigenvalue weighted by Gasteiger charge is -2.24. The molecule has 1 heterocycles. The summed E-state index contributed by atoms with van der Waals surface area (Å²) in [6, 6.07) is 4.10. The fourth-order valence-corrected chi connectivity index (χ4v) is 2.40. The molecule has 2 nitrogen and oxygen atoms in total. The second-order valence-electron chi connectivity index (χ2n) is 5.31. The molecular weight excluding hydrogens is 227 g/mol. The molecule has 0 amide bonds. The normalized spacial score (nSPS) is 18.6. The third-order valence-corrected chi connectivity index (χ3v) is 3.76. The molecule has 1 fully saturated rings. The van der Waals surface area contributed by atoms with Gasteiger partial charge in [-0.25, -0.2) is 4.39 Å². The molecule has 1 aliphatic rings. The lowest BCUT2D eigenvalue weighted by atomic mass is 10.0. The van der Waals surface area contributed by atoms with Gasteiger partial charge in [-0.15, -0.1) is 0 Å². The Morgan fingerprint density at radius 1 is 1.33 bits per heavy atom. The summed E-state index contributed by atoms with van der Waals surface area (Å²) < 4.78 is 12.9. The van der Waals surface area contributed by atoms with Gasteiger partial charge in [0.2, 0.25) is 0 Å². The molecule has 1 N–H and O–H groups in total. The van der Waals surface area contributed by atoms with Crippen LogP contribution in [0, 0.1) is 11.7 Å². The Labute approximate surface area is 109 Å². The van der Waals surface area contributed by atoms with Gasteiger partial charge >= 0.3 is 0 Å². The van der Waals surface area contributed by atoms with E-state index in [4.69, 9.17) is 0 Å². The van der Waals surface area contributed by atoms with Crippen LogP contribution in [0.5, 0.6) is 0 Å². The van der Waals surface area contributed by atoms with E-state index >= 15 is 0 Å². The monoisotopic (exact) mass is 250 g/mol. The maximum atomic E-state index is 12.9. The molecule has 3 heteroatoms. The van der Waals surface area contributed by atoms with Crippen molar-refractivity contribution in [3.63, 3.8) is 0 Å². The average Bonchev–Trinajstić information content (AvgIpc) is 3.19. The molecule has 2 rings (SSSR count). The Morgan fingerprint density at radius 3 is 2.61 bits per heavy atom. The second kappa shape index (κ2) is 6.28. The van der Waals surface area contributed by atoms with Crippen LogP contribution in [0.4, 0.5) is 4.39 Å². The van der Waals surface area contributed by atoms with Crippen molar-refractivity contribution >= 4 is 0 Å². The van der Waals surface area contributed by atoms with Crippen molar-refractivity contribution in [2.45, 2.75) is 58.0 Å². The molecule has 2 unspecified atom stereocenters. The number of hydrogen-bond donors (Lipinski definition) is 1. The molecule has 1 aromatic rings. The van der Waals surface area contributed by atoms with Gasteiger partial charge in [-0.3, -0.25) is 4.98 Å². The third-order valence-electron chi connectivity index (χ3n) is 3.76. The van der Waals surface area contributed by atoms with Crippen LogP contribution in [-0.4, -0.2) is 11.0 Å². The molecule has 18 heavy (non-hydrogen) atoms. The summed E-state index contributed by atoms with van der Waals surface area (Å²) in [5.41, 5.74) is 0.952. The van der Waals surface area contributed by atoms with Crippen molar-refractivity contribution in [1.82, 2.24) is 10.3 Å². The molecule has 0 aliphatic heterocycles. The smallest absolute Gasteiger partial charge is 0.141 e. The van der Waals surface area contributed by atoms with Gasteiger partial charge in [0.25, 0.3) is 0 Å². The minimum absolute atomic E-state index is 0.245. The Morgan fingerprint density at radius 2 is 2.11 bits per heavy atom. The minimum Gasteiger partial charge on any atom is -0.306 e. The minimum atomic E-state index is -0.265. The SMILES string of the molecule is CCC(CC1CC1)NC(CC)c1ccc(F)cn1. The summed E-state index contributed by atoms with van der Waals surface area (Å²) in [6.07, 6.45) is 7.50. The van der Waals surface area contributed by atoms with E-state index in [-0.39, 0.29) is 11.9 Å². The number of rotatable bonds is 7. The van der Waals surface area contributed by atoms with Gasteiger partial charge in [-0.1, -0.05) is 26.7 Å². The highest BCUT2D eigenvalue weighted by Crippen LogP contribution is 2.34. The predicted octanol–water partition coefficient (Wildman–Crippen LogP) is 3.84. The van der Waals surface area contributed by atoms with Crippen LogP contribution < -0.4 is 5.32 Å². The van der Waals surface area contributed by atoms with E-state index in [1.54, 1.807) is 6.07 Å². The molecule has 0 bridgehead atoms. The maximum absolute atomic E-state index is 12.9. The van der Waals surface area contributed by atoms with E-state index in [0.29, 0.717) is 6.04 Å². The van der Waals surface area contributed by atoms with E-state index in [0.717, 1.165) is 24.5 Å². The highest BCUT2D eigenvalue weighted by molar-refractivity contribution is 5.10. The Balaban J connectivity index is 1.96. The highest BCUT2D eigenvalue weighted by Gasteiger charge is 2.26. The number of hydrogen-bond acceptors (Lipinski definition) is 2. The molecule has 1 saturated carbocycles. The Bertz CT molecular complexity index is 359. The first kappa shape index (κ1) is 13.5. The number of pyridine rings is 1. The molecule has 2 atom stereocenters. The van der Waals surface area contributed by atoms with Crippen LogP contribution in [0.3, 0.4) is 0 Å². The van der Waals surface area contributed by atoms with Crippen LogP contribution in [0.15, 0.2) is 18.3 Å². The zero-order chi connectivity index (χ0) is 13.0. The maximum Gasteiger partial charge on any atom is 0.141 e. The zero-order valence-electron chi connectivity index (χ0n) is 11.3. The van der Waals surface area contributed by atoms with Crippen LogP contribution in [-0.2, 0) is 0 Å². The summed E-state index contributed by atoms with van der Waals surface area (Å²) in [7, 11) is 0.